The monoisotopic (exact) mass is 227 g/mol. The van der Waals surface area contributed by atoms with Crippen LogP contribution in [0.1, 0.15) is 20.8 Å². The highest BCUT2D eigenvalue weighted by Gasteiger charge is 2.29. The molecule has 1 amide bonds. The average molecular weight is 227 g/mol. The van der Waals surface area contributed by atoms with Crippen LogP contribution in [0.4, 0.5) is 4.79 Å². The lowest BCUT2D eigenvalue weighted by Gasteiger charge is -2.33. The summed E-state index contributed by atoms with van der Waals surface area (Å²) in [6, 6.07) is -0.126. The second-order valence-electron chi connectivity index (χ2n) is 4.43. The van der Waals surface area contributed by atoms with E-state index in [0.29, 0.717) is 6.54 Å². The van der Waals surface area contributed by atoms with Crippen LogP contribution in [-0.2, 0) is 4.74 Å². The molecule has 0 radical (unpaired) electrons. The lowest BCUT2D eigenvalue weighted by molar-refractivity contribution is 0.0229. The van der Waals surface area contributed by atoms with Gasteiger partial charge in [-0.2, -0.15) is 11.8 Å². The zero-order valence-corrected chi connectivity index (χ0v) is 10.3. The van der Waals surface area contributed by atoms with E-state index in [2.05, 4.69) is 5.92 Å². The molecule has 1 aliphatic heterocycles. The van der Waals surface area contributed by atoms with Gasteiger partial charge in [0.15, 0.2) is 0 Å². The maximum Gasteiger partial charge on any atom is 0.411 e. The van der Waals surface area contributed by atoms with Gasteiger partial charge in [0.2, 0.25) is 0 Å². The van der Waals surface area contributed by atoms with E-state index < -0.39 is 5.60 Å². The fraction of sp³-hybridized carbons (Fsp3) is 0.727. The van der Waals surface area contributed by atoms with Crippen molar-refractivity contribution in [2.75, 3.05) is 18.1 Å². The lowest BCUT2D eigenvalue weighted by atomic mass is 10.2. The Morgan fingerprint density at radius 1 is 1.60 bits per heavy atom. The van der Waals surface area contributed by atoms with Crippen molar-refractivity contribution in [3.8, 4) is 12.3 Å². The summed E-state index contributed by atoms with van der Waals surface area (Å²) in [4.78, 5) is 13.4. The smallest absolute Gasteiger partial charge is 0.411 e. The predicted octanol–water partition coefficient (Wildman–Crippen LogP) is 1.97. The topological polar surface area (TPSA) is 29.5 Å². The molecule has 0 aromatic carbocycles. The molecule has 0 aromatic rings. The van der Waals surface area contributed by atoms with Crippen LogP contribution in [0.25, 0.3) is 0 Å². The Bertz CT molecular complexity index is 277. The zero-order chi connectivity index (χ0) is 11.5. The third-order valence-electron chi connectivity index (χ3n) is 1.95. The van der Waals surface area contributed by atoms with Crippen molar-refractivity contribution in [1.29, 1.82) is 0 Å². The van der Waals surface area contributed by atoms with Crippen LogP contribution in [0.15, 0.2) is 0 Å². The number of terminal acetylenes is 1. The van der Waals surface area contributed by atoms with Gasteiger partial charge in [0, 0.05) is 18.1 Å². The van der Waals surface area contributed by atoms with Crippen molar-refractivity contribution in [3.05, 3.63) is 0 Å². The minimum absolute atomic E-state index is 0.126. The number of carbonyl (C=O) groups excluding carboxylic acids is 1. The number of hydrogen-bond donors (Lipinski definition) is 0. The molecule has 1 atom stereocenters. The summed E-state index contributed by atoms with van der Waals surface area (Å²) in [7, 11) is 0. The van der Waals surface area contributed by atoms with Crippen molar-refractivity contribution in [3.63, 3.8) is 0 Å². The Kier molecular flexibility index (Phi) is 3.92. The standard InChI is InChI=1S/C11H17NO2S/c1-5-9-8-15-7-6-12(9)10(13)14-11(2,3)4/h1,9H,6-8H2,2-4H3. The number of thioether (sulfide) groups is 1. The summed E-state index contributed by atoms with van der Waals surface area (Å²) in [5, 5.41) is 0. The summed E-state index contributed by atoms with van der Waals surface area (Å²) < 4.78 is 5.29. The molecule has 0 N–H and O–H groups in total. The fourth-order valence-corrected chi connectivity index (χ4v) is 2.27. The Hall–Kier alpha value is -0.820. The second kappa shape index (κ2) is 4.80. The molecular formula is C11H17NO2S. The molecule has 0 saturated carbocycles. The van der Waals surface area contributed by atoms with Gasteiger partial charge in [-0.25, -0.2) is 4.79 Å². The van der Waals surface area contributed by atoms with Gasteiger partial charge < -0.3 is 4.74 Å². The number of hydrogen-bond acceptors (Lipinski definition) is 3. The van der Waals surface area contributed by atoms with Crippen molar-refractivity contribution >= 4 is 17.9 Å². The van der Waals surface area contributed by atoms with E-state index in [1.54, 1.807) is 16.7 Å². The van der Waals surface area contributed by atoms with Gasteiger partial charge in [0.1, 0.15) is 11.6 Å². The second-order valence-corrected chi connectivity index (χ2v) is 5.58. The molecule has 1 rings (SSSR count). The van der Waals surface area contributed by atoms with Crippen LogP contribution >= 0.6 is 11.8 Å². The van der Waals surface area contributed by atoms with Crippen molar-refractivity contribution in [1.82, 2.24) is 4.90 Å². The molecular weight excluding hydrogens is 210 g/mol. The summed E-state index contributed by atoms with van der Waals surface area (Å²) >= 11 is 1.77. The maximum atomic E-state index is 11.8. The first kappa shape index (κ1) is 12.3. The van der Waals surface area contributed by atoms with E-state index in [0.717, 1.165) is 11.5 Å². The minimum atomic E-state index is -0.458. The van der Waals surface area contributed by atoms with Gasteiger partial charge in [-0.05, 0) is 20.8 Å². The van der Waals surface area contributed by atoms with Gasteiger partial charge in [-0.3, -0.25) is 4.90 Å². The number of nitrogens with zero attached hydrogens (tertiary/aromatic N) is 1. The van der Waals surface area contributed by atoms with Gasteiger partial charge in [0.05, 0.1) is 0 Å². The normalized spacial score (nSPS) is 22.0. The van der Waals surface area contributed by atoms with E-state index in [4.69, 9.17) is 11.2 Å². The van der Waals surface area contributed by atoms with Gasteiger partial charge in [-0.1, -0.05) is 5.92 Å². The van der Waals surface area contributed by atoms with Crippen molar-refractivity contribution in [2.24, 2.45) is 0 Å². The molecule has 1 fully saturated rings. The third-order valence-corrected chi connectivity index (χ3v) is 2.97. The predicted molar refractivity (Wildman–Crippen MR) is 62.9 cm³/mol. The van der Waals surface area contributed by atoms with Crippen LogP contribution in [0.3, 0.4) is 0 Å². The molecule has 3 nitrogen and oxygen atoms in total. The molecule has 1 heterocycles. The summed E-state index contributed by atoms with van der Waals surface area (Å²) in [5.74, 6) is 4.35. The van der Waals surface area contributed by atoms with Crippen LogP contribution in [0, 0.1) is 12.3 Å². The average Bonchev–Trinajstić information content (AvgIpc) is 2.15. The molecule has 15 heavy (non-hydrogen) atoms. The third kappa shape index (κ3) is 3.67. The Morgan fingerprint density at radius 2 is 2.27 bits per heavy atom. The van der Waals surface area contributed by atoms with Crippen molar-refractivity contribution < 1.29 is 9.53 Å². The molecule has 0 bridgehead atoms. The maximum absolute atomic E-state index is 11.8. The first-order chi connectivity index (χ1) is 6.94. The number of amides is 1. The molecule has 0 spiro atoms. The van der Waals surface area contributed by atoms with E-state index >= 15 is 0 Å². The number of rotatable bonds is 0. The minimum Gasteiger partial charge on any atom is -0.444 e. The van der Waals surface area contributed by atoms with Gasteiger partial charge >= 0.3 is 6.09 Å². The van der Waals surface area contributed by atoms with Crippen LogP contribution in [0.5, 0.6) is 0 Å². The fourth-order valence-electron chi connectivity index (χ4n) is 1.28. The van der Waals surface area contributed by atoms with Crippen molar-refractivity contribution in [2.45, 2.75) is 32.4 Å². The Labute approximate surface area is 95.5 Å². The number of ether oxygens (including phenoxy) is 1. The first-order valence-electron chi connectivity index (χ1n) is 4.97. The lowest BCUT2D eigenvalue weighted by Crippen LogP contribution is -2.47. The van der Waals surface area contributed by atoms with Gasteiger partial charge in [-0.15, -0.1) is 6.42 Å². The van der Waals surface area contributed by atoms with Crippen LogP contribution in [-0.4, -0.2) is 40.7 Å². The SMILES string of the molecule is C#CC1CSCCN1C(=O)OC(C)(C)C. The molecule has 84 valence electrons. The molecule has 1 unspecified atom stereocenters. The molecule has 1 aliphatic rings. The summed E-state index contributed by atoms with van der Waals surface area (Å²) in [5.41, 5.74) is -0.458. The largest absolute Gasteiger partial charge is 0.444 e. The first-order valence-corrected chi connectivity index (χ1v) is 6.13. The van der Waals surface area contributed by atoms with E-state index in [-0.39, 0.29) is 12.1 Å². The van der Waals surface area contributed by atoms with Gasteiger partial charge in [0.25, 0.3) is 0 Å². The summed E-state index contributed by atoms with van der Waals surface area (Å²) in [6.45, 7) is 6.24. The van der Waals surface area contributed by atoms with Crippen LogP contribution in [0.2, 0.25) is 0 Å². The van der Waals surface area contributed by atoms with E-state index in [1.165, 1.54) is 0 Å². The molecule has 0 aromatic heterocycles. The highest BCUT2D eigenvalue weighted by molar-refractivity contribution is 7.99. The number of carbonyl (C=O) groups is 1. The molecule has 4 heteroatoms. The van der Waals surface area contributed by atoms with E-state index in [1.807, 2.05) is 20.8 Å². The molecule has 1 saturated heterocycles. The summed E-state index contributed by atoms with van der Waals surface area (Å²) in [6.07, 6.45) is 5.08. The Morgan fingerprint density at radius 3 is 2.80 bits per heavy atom. The van der Waals surface area contributed by atoms with E-state index in [9.17, 15) is 4.79 Å². The highest BCUT2D eigenvalue weighted by Crippen LogP contribution is 2.19. The highest BCUT2D eigenvalue weighted by atomic mass is 32.2. The Balaban J connectivity index is 2.61. The quantitative estimate of drug-likeness (QED) is 0.593. The van der Waals surface area contributed by atoms with Crippen LogP contribution < -0.4 is 0 Å². The molecule has 0 aliphatic carbocycles. The zero-order valence-electron chi connectivity index (χ0n) is 9.45.